The fraction of sp³-hybridized carbons (Fsp3) is 0.889. The third-order valence-corrected chi connectivity index (χ3v) is 5.02. The van der Waals surface area contributed by atoms with Crippen molar-refractivity contribution in [2.75, 3.05) is 12.5 Å². The van der Waals surface area contributed by atoms with E-state index in [1.165, 1.54) is 0 Å². The zero-order valence-corrected chi connectivity index (χ0v) is 10.3. The first kappa shape index (κ1) is 12.6. The molecule has 0 heterocycles. The third kappa shape index (κ3) is 5.03. The van der Waals surface area contributed by atoms with Gasteiger partial charge in [0.1, 0.15) is 0 Å². The van der Waals surface area contributed by atoms with Gasteiger partial charge in [0.15, 0.2) is 0 Å². The van der Waals surface area contributed by atoms with Gasteiger partial charge in [0.25, 0.3) is 0 Å². The van der Waals surface area contributed by atoms with Crippen molar-refractivity contribution in [2.24, 2.45) is 0 Å². The lowest BCUT2D eigenvalue weighted by molar-refractivity contribution is 0.244. The second-order valence-electron chi connectivity index (χ2n) is 4.18. The van der Waals surface area contributed by atoms with Crippen molar-refractivity contribution in [3.63, 3.8) is 0 Å². The standard InChI is InChI=1S/C9H22N2OS/c1-7(2)10-9(12)11-13(5,6)8(3)4/h7-8H,1-6H3,(H2,10,11,12). The van der Waals surface area contributed by atoms with Crippen molar-refractivity contribution in [3.8, 4) is 0 Å². The van der Waals surface area contributed by atoms with Gasteiger partial charge in [-0.15, -0.1) is 0 Å². The lowest BCUT2D eigenvalue weighted by Gasteiger charge is -2.36. The highest BCUT2D eigenvalue weighted by Crippen LogP contribution is 2.39. The van der Waals surface area contributed by atoms with Crippen LogP contribution in [-0.2, 0) is 0 Å². The Labute approximate surface area is 83.1 Å². The van der Waals surface area contributed by atoms with Gasteiger partial charge in [-0.3, -0.25) is 0 Å². The van der Waals surface area contributed by atoms with Crippen LogP contribution in [0.2, 0.25) is 0 Å². The minimum Gasteiger partial charge on any atom is -0.335 e. The largest absolute Gasteiger partial charge is 0.335 e. The lowest BCUT2D eigenvalue weighted by atomic mass is 10.4. The van der Waals surface area contributed by atoms with E-state index < -0.39 is 10.2 Å². The van der Waals surface area contributed by atoms with E-state index >= 15 is 0 Å². The Hall–Kier alpha value is -0.380. The zero-order valence-electron chi connectivity index (χ0n) is 9.47. The fourth-order valence-corrected chi connectivity index (χ4v) is 1.42. The maximum Gasteiger partial charge on any atom is 0.323 e. The van der Waals surface area contributed by atoms with E-state index in [1.807, 2.05) is 13.8 Å². The van der Waals surface area contributed by atoms with E-state index in [4.69, 9.17) is 0 Å². The molecule has 0 unspecified atom stereocenters. The molecule has 4 heteroatoms. The predicted octanol–water partition coefficient (Wildman–Crippen LogP) is 2.08. The molecular weight excluding hydrogens is 184 g/mol. The molecule has 0 radical (unpaired) electrons. The van der Waals surface area contributed by atoms with Gasteiger partial charge in [0.05, 0.1) is 0 Å². The molecule has 0 fully saturated rings. The monoisotopic (exact) mass is 206 g/mol. The SMILES string of the molecule is CC(C)NC(=O)NS(C)(C)C(C)C. The molecule has 0 saturated heterocycles. The maximum absolute atomic E-state index is 11.4. The molecule has 0 aromatic carbocycles. The van der Waals surface area contributed by atoms with Crippen LogP contribution in [0.3, 0.4) is 0 Å². The van der Waals surface area contributed by atoms with E-state index in [0.29, 0.717) is 5.25 Å². The minimum absolute atomic E-state index is 0.0521. The van der Waals surface area contributed by atoms with Gasteiger partial charge in [-0.25, -0.2) is 4.79 Å². The normalized spacial score (nSPS) is 13.2. The van der Waals surface area contributed by atoms with Crippen LogP contribution < -0.4 is 10.0 Å². The molecule has 0 aromatic heterocycles. The molecule has 0 aliphatic carbocycles. The van der Waals surface area contributed by atoms with Crippen LogP contribution in [0.1, 0.15) is 27.7 Å². The van der Waals surface area contributed by atoms with E-state index in [0.717, 1.165) is 0 Å². The average molecular weight is 206 g/mol. The van der Waals surface area contributed by atoms with Gasteiger partial charge >= 0.3 is 6.03 Å². The summed E-state index contributed by atoms with van der Waals surface area (Å²) >= 11 is 0. The molecule has 0 saturated carbocycles. The zero-order chi connectivity index (χ0) is 10.6. The Kier molecular flexibility index (Phi) is 4.61. The first-order chi connectivity index (χ1) is 5.75. The highest BCUT2D eigenvalue weighted by molar-refractivity contribution is 8.31. The molecule has 0 spiro atoms. The highest BCUT2D eigenvalue weighted by atomic mass is 32.3. The van der Waals surface area contributed by atoms with Crippen molar-refractivity contribution in [2.45, 2.75) is 39.0 Å². The maximum atomic E-state index is 11.4. The molecule has 0 aromatic rings. The first-order valence-corrected chi connectivity index (χ1v) is 7.07. The number of carbonyl (C=O) groups excluding carboxylic acids is 1. The number of rotatable bonds is 3. The molecule has 2 amide bonds. The predicted molar refractivity (Wildman–Crippen MR) is 61.4 cm³/mol. The van der Waals surface area contributed by atoms with E-state index in [1.54, 1.807) is 0 Å². The Morgan fingerprint density at radius 2 is 1.62 bits per heavy atom. The molecule has 2 N–H and O–H groups in total. The van der Waals surface area contributed by atoms with Crippen LogP contribution in [0.25, 0.3) is 0 Å². The van der Waals surface area contributed by atoms with Gasteiger partial charge < -0.3 is 10.0 Å². The van der Waals surface area contributed by atoms with Gasteiger partial charge in [-0.1, -0.05) is 13.8 Å². The second kappa shape index (κ2) is 4.74. The van der Waals surface area contributed by atoms with Crippen molar-refractivity contribution >= 4 is 16.2 Å². The number of carbonyl (C=O) groups is 1. The van der Waals surface area contributed by atoms with Gasteiger partial charge in [-0.05, 0) is 31.6 Å². The van der Waals surface area contributed by atoms with E-state index in [2.05, 4.69) is 36.4 Å². The summed E-state index contributed by atoms with van der Waals surface area (Å²) in [6.07, 6.45) is 4.22. The van der Waals surface area contributed by atoms with E-state index in [-0.39, 0.29) is 12.1 Å². The Balaban J connectivity index is 4.05. The average Bonchev–Trinajstić information content (AvgIpc) is 1.82. The van der Waals surface area contributed by atoms with Gasteiger partial charge in [0.2, 0.25) is 0 Å². The molecule has 13 heavy (non-hydrogen) atoms. The van der Waals surface area contributed by atoms with Crippen molar-refractivity contribution in [1.29, 1.82) is 0 Å². The van der Waals surface area contributed by atoms with Crippen LogP contribution in [0.5, 0.6) is 0 Å². The van der Waals surface area contributed by atoms with Crippen LogP contribution >= 0.6 is 10.2 Å². The Bertz CT molecular complexity index is 178. The topological polar surface area (TPSA) is 41.1 Å². The number of hydrogen-bond acceptors (Lipinski definition) is 1. The smallest absolute Gasteiger partial charge is 0.323 e. The van der Waals surface area contributed by atoms with Gasteiger partial charge in [0, 0.05) is 6.04 Å². The summed E-state index contributed by atoms with van der Waals surface area (Å²) in [5.74, 6) is 0. The van der Waals surface area contributed by atoms with Crippen LogP contribution in [0, 0.1) is 0 Å². The molecule has 0 bridgehead atoms. The lowest BCUT2D eigenvalue weighted by Crippen LogP contribution is -2.42. The summed E-state index contributed by atoms with van der Waals surface area (Å²) in [6.45, 7) is 8.17. The molecule has 3 nitrogen and oxygen atoms in total. The highest BCUT2D eigenvalue weighted by Gasteiger charge is 2.18. The molecular formula is C9H22N2OS. The first-order valence-electron chi connectivity index (χ1n) is 4.56. The Morgan fingerprint density at radius 3 is 1.92 bits per heavy atom. The molecule has 0 aliphatic heterocycles. The number of amides is 2. The van der Waals surface area contributed by atoms with Crippen LogP contribution in [0.15, 0.2) is 0 Å². The van der Waals surface area contributed by atoms with E-state index in [9.17, 15) is 4.79 Å². The quantitative estimate of drug-likeness (QED) is 0.729. The molecule has 0 aliphatic rings. The molecule has 0 rings (SSSR count). The summed E-state index contributed by atoms with van der Waals surface area (Å²) in [4.78, 5) is 11.4. The number of hydrogen-bond donors (Lipinski definition) is 2. The second-order valence-corrected chi connectivity index (χ2v) is 8.14. The van der Waals surface area contributed by atoms with Crippen LogP contribution in [0.4, 0.5) is 4.79 Å². The summed E-state index contributed by atoms with van der Waals surface area (Å²) in [5.41, 5.74) is 0. The number of nitrogens with one attached hydrogen (secondary N) is 2. The summed E-state index contributed by atoms with van der Waals surface area (Å²) in [6, 6.07) is 0.145. The van der Waals surface area contributed by atoms with Gasteiger partial charge in [-0.2, -0.15) is 10.2 Å². The number of urea groups is 1. The summed E-state index contributed by atoms with van der Waals surface area (Å²) in [7, 11) is -1.01. The molecule has 80 valence electrons. The molecule has 0 atom stereocenters. The Morgan fingerprint density at radius 1 is 1.15 bits per heavy atom. The minimum atomic E-state index is -1.01. The van der Waals surface area contributed by atoms with Crippen molar-refractivity contribution < 1.29 is 4.79 Å². The summed E-state index contributed by atoms with van der Waals surface area (Å²) in [5, 5.41) is 3.33. The third-order valence-electron chi connectivity index (χ3n) is 1.95. The fourth-order valence-electron chi connectivity index (χ4n) is 0.648. The van der Waals surface area contributed by atoms with Crippen LogP contribution in [-0.4, -0.2) is 29.8 Å². The van der Waals surface area contributed by atoms with Crippen molar-refractivity contribution in [1.82, 2.24) is 10.0 Å². The summed E-state index contributed by atoms with van der Waals surface area (Å²) < 4.78 is 3.02. The van der Waals surface area contributed by atoms with Crippen molar-refractivity contribution in [3.05, 3.63) is 0 Å².